The summed E-state index contributed by atoms with van der Waals surface area (Å²) in [6.07, 6.45) is 11.6. The van der Waals surface area contributed by atoms with Gasteiger partial charge in [0.05, 0.1) is 0 Å². The number of nitrogens with one attached hydrogen (secondary N) is 1. The molecular formula is C14H27N. The van der Waals surface area contributed by atoms with Crippen molar-refractivity contribution in [3.05, 3.63) is 0 Å². The first-order chi connectivity index (χ1) is 7.25. The third-order valence-electron chi connectivity index (χ3n) is 4.55. The van der Waals surface area contributed by atoms with E-state index in [0.717, 1.165) is 23.9 Å². The summed E-state index contributed by atoms with van der Waals surface area (Å²) in [6, 6.07) is 1.59. The Bertz CT molecular complexity index is 184. The summed E-state index contributed by atoms with van der Waals surface area (Å²) in [5, 5.41) is 3.88. The zero-order chi connectivity index (χ0) is 10.7. The summed E-state index contributed by atoms with van der Waals surface area (Å²) >= 11 is 0. The molecule has 2 fully saturated rings. The molecular weight excluding hydrogens is 182 g/mol. The highest BCUT2D eigenvalue weighted by molar-refractivity contribution is 4.84. The van der Waals surface area contributed by atoms with Gasteiger partial charge < -0.3 is 5.32 Å². The van der Waals surface area contributed by atoms with Crippen LogP contribution in [0, 0.1) is 11.8 Å². The van der Waals surface area contributed by atoms with Crippen molar-refractivity contribution < 1.29 is 0 Å². The Morgan fingerprint density at radius 1 is 1.00 bits per heavy atom. The van der Waals surface area contributed by atoms with E-state index in [2.05, 4.69) is 19.2 Å². The molecule has 0 saturated heterocycles. The van der Waals surface area contributed by atoms with Crippen LogP contribution in [0.25, 0.3) is 0 Å². The molecule has 0 aromatic rings. The van der Waals surface area contributed by atoms with Crippen LogP contribution in [0.2, 0.25) is 0 Å². The van der Waals surface area contributed by atoms with Gasteiger partial charge in [-0.25, -0.2) is 0 Å². The van der Waals surface area contributed by atoms with Crippen LogP contribution in [0.4, 0.5) is 0 Å². The average molecular weight is 209 g/mol. The minimum Gasteiger partial charge on any atom is -0.311 e. The molecule has 88 valence electrons. The van der Waals surface area contributed by atoms with E-state index in [1.54, 1.807) is 0 Å². The van der Waals surface area contributed by atoms with Gasteiger partial charge in [-0.1, -0.05) is 26.2 Å². The van der Waals surface area contributed by atoms with Gasteiger partial charge in [-0.15, -0.1) is 0 Å². The lowest BCUT2D eigenvalue weighted by atomic mass is 9.84. The molecule has 0 heterocycles. The third kappa shape index (κ3) is 3.21. The fourth-order valence-corrected chi connectivity index (χ4v) is 3.50. The number of rotatable bonds is 3. The van der Waals surface area contributed by atoms with Gasteiger partial charge in [-0.2, -0.15) is 0 Å². The molecule has 2 aliphatic rings. The Labute approximate surface area is 95.0 Å². The minimum absolute atomic E-state index is 0.764. The van der Waals surface area contributed by atoms with E-state index in [-0.39, 0.29) is 0 Å². The Hall–Kier alpha value is -0.0400. The van der Waals surface area contributed by atoms with Crippen LogP contribution < -0.4 is 5.32 Å². The van der Waals surface area contributed by atoms with Gasteiger partial charge in [-0.3, -0.25) is 0 Å². The van der Waals surface area contributed by atoms with Gasteiger partial charge in [0.1, 0.15) is 0 Å². The molecule has 1 N–H and O–H groups in total. The van der Waals surface area contributed by atoms with Gasteiger partial charge in [-0.05, 0) is 50.9 Å². The zero-order valence-corrected chi connectivity index (χ0v) is 10.5. The van der Waals surface area contributed by atoms with Crippen LogP contribution in [0.1, 0.15) is 65.2 Å². The first-order valence-electron chi connectivity index (χ1n) is 7.01. The highest BCUT2D eigenvalue weighted by atomic mass is 15.0. The molecule has 0 radical (unpaired) electrons. The van der Waals surface area contributed by atoms with Gasteiger partial charge in [0.25, 0.3) is 0 Å². The predicted molar refractivity (Wildman–Crippen MR) is 66.0 cm³/mol. The normalized spacial score (nSPS) is 35.6. The molecule has 2 aliphatic carbocycles. The lowest BCUT2D eigenvalue weighted by Gasteiger charge is -2.30. The lowest BCUT2D eigenvalue weighted by Crippen LogP contribution is -2.40. The molecule has 2 saturated carbocycles. The summed E-state index contributed by atoms with van der Waals surface area (Å²) in [5.74, 6) is 1.93. The molecule has 2 rings (SSSR count). The smallest absolute Gasteiger partial charge is 0.00722 e. The van der Waals surface area contributed by atoms with E-state index in [1.807, 2.05) is 0 Å². The van der Waals surface area contributed by atoms with Crippen molar-refractivity contribution in [2.45, 2.75) is 77.3 Å². The maximum atomic E-state index is 3.88. The molecule has 1 nitrogen and oxygen atoms in total. The fraction of sp³-hybridized carbons (Fsp3) is 1.00. The zero-order valence-electron chi connectivity index (χ0n) is 10.5. The highest BCUT2D eigenvalue weighted by Gasteiger charge is 2.26. The molecule has 0 bridgehead atoms. The topological polar surface area (TPSA) is 12.0 Å². The van der Waals surface area contributed by atoms with Crippen LogP contribution in [0.5, 0.6) is 0 Å². The molecule has 0 spiro atoms. The Morgan fingerprint density at radius 3 is 2.33 bits per heavy atom. The monoisotopic (exact) mass is 209 g/mol. The van der Waals surface area contributed by atoms with E-state index >= 15 is 0 Å². The van der Waals surface area contributed by atoms with Gasteiger partial charge in [0, 0.05) is 12.1 Å². The molecule has 0 aromatic carbocycles. The van der Waals surface area contributed by atoms with Crippen LogP contribution >= 0.6 is 0 Å². The Balaban J connectivity index is 1.73. The second-order valence-electron chi connectivity index (χ2n) is 5.97. The third-order valence-corrected chi connectivity index (χ3v) is 4.55. The molecule has 3 unspecified atom stereocenters. The van der Waals surface area contributed by atoms with Crippen LogP contribution in [0.3, 0.4) is 0 Å². The van der Waals surface area contributed by atoms with Crippen molar-refractivity contribution in [1.29, 1.82) is 0 Å². The SMILES string of the molecule is CC1CCC(NC(C)C2CCCCC2)C1. The lowest BCUT2D eigenvalue weighted by molar-refractivity contribution is 0.263. The second kappa shape index (κ2) is 5.34. The summed E-state index contributed by atoms with van der Waals surface area (Å²) in [6.45, 7) is 4.81. The van der Waals surface area contributed by atoms with Crippen molar-refractivity contribution in [2.24, 2.45) is 11.8 Å². The summed E-state index contributed by atoms with van der Waals surface area (Å²) in [7, 11) is 0. The van der Waals surface area contributed by atoms with Crippen molar-refractivity contribution in [3.8, 4) is 0 Å². The number of hydrogen-bond donors (Lipinski definition) is 1. The number of hydrogen-bond acceptors (Lipinski definition) is 1. The molecule has 0 amide bonds. The van der Waals surface area contributed by atoms with Crippen molar-refractivity contribution >= 4 is 0 Å². The Kier molecular flexibility index (Phi) is 4.07. The van der Waals surface area contributed by atoms with Gasteiger partial charge >= 0.3 is 0 Å². The van der Waals surface area contributed by atoms with E-state index in [1.165, 1.54) is 51.4 Å². The van der Waals surface area contributed by atoms with E-state index in [4.69, 9.17) is 0 Å². The molecule has 0 aromatic heterocycles. The van der Waals surface area contributed by atoms with E-state index in [9.17, 15) is 0 Å². The maximum absolute atomic E-state index is 3.88. The standard InChI is InChI=1S/C14H27N/c1-11-8-9-14(10-11)15-12(2)13-6-4-3-5-7-13/h11-15H,3-10H2,1-2H3. The average Bonchev–Trinajstić information content (AvgIpc) is 2.65. The Morgan fingerprint density at radius 2 is 1.73 bits per heavy atom. The van der Waals surface area contributed by atoms with Crippen LogP contribution in [0.15, 0.2) is 0 Å². The van der Waals surface area contributed by atoms with Crippen molar-refractivity contribution in [3.63, 3.8) is 0 Å². The quantitative estimate of drug-likeness (QED) is 0.747. The molecule has 15 heavy (non-hydrogen) atoms. The minimum atomic E-state index is 0.764. The van der Waals surface area contributed by atoms with E-state index < -0.39 is 0 Å². The highest BCUT2D eigenvalue weighted by Crippen LogP contribution is 2.29. The van der Waals surface area contributed by atoms with Gasteiger partial charge in [0.2, 0.25) is 0 Å². The second-order valence-corrected chi connectivity index (χ2v) is 5.97. The molecule has 3 atom stereocenters. The maximum Gasteiger partial charge on any atom is 0.00722 e. The first kappa shape index (κ1) is 11.4. The first-order valence-corrected chi connectivity index (χ1v) is 7.01. The molecule has 0 aliphatic heterocycles. The predicted octanol–water partition coefficient (Wildman–Crippen LogP) is 3.73. The fourth-order valence-electron chi connectivity index (χ4n) is 3.50. The van der Waals surface area contributed by atoms with Crippen molar-refractivity contribution in [2.75, 3.05) is 0 Å². The van der Waals surface area contributed by atoms with Crippen LogP contribution in [-0.2, 0) is 0 Å². The van der Waals surface area contributed by atoms with Crippen molar-refractivity contribution in [1.82, 2.24) is 5.32 Å². The summed E-state index contributed by atoms with van der Waals surface area (Å²) in [5.41, 5.74) is 0. The van der Waals surface area contributed by atoms with E-state index in [0.29, 0.717) is 0 Å². The largest absolute Gasteiger partial charge is 0.311 e. The molecule has 1 heteroatoms. The van der Waals surface area contributed by atoms with Crippen LogP contribution in [-0.4, -0.2) is 12.1 Å². The summed E-state index contributed by atoms with van der Waals surface area (Å²) < 4.78 is 0. The summed E-state index contributed by atoms with van der Waals surface area (Å²) in [4.78, 5) is 0. The van der Waals surface area contributed by atoms with Gasteiger partial charge in [0.15, 0.2) is 0 Å².